The zero-order chi connectivity index (χ0) is 20.1. The van der Waals surface area contributed by atoms with E-state index >= 15 is 0 Å². The van der Waals surface area contributed by atoms with Crippen molar-refractivity contribution in [2.75, 3.05) is 13.1 Å². The summed E-state index contributed by atoms with van der Waals surface area (Å²) in [5, 5.41) is 6.07. The molecule has 4 nitrogen and oxygen atoms in total. The summed E-state index contributed by atoms with van der Waals surface area (Å²) in [6.45, 7) is 2.32. The van der Waals surface area contributed by atoms with Gasteiger partial charge in [0.05, 0.1) is 6.04 Å². The minimum absolute atomic E-state index is 0.0861. The van der Waals surface area contributed by atoms with E-state index in [9.17, 15) is 9.18 Å². The van der Waals surface area contributed by atoms with E-state index in [-0.39, 0.29) is 23.7 Å². The minimum Gasteiger partial charge on any atom is -0.342 e. The van der Waals surface area contributed by atoms with Crippen LogP contribution in [0, 0.1) is 11.7 Å². The lowest BCUT2D eigenvalue weighted by molar-refractivity contribution is 0.0877. The summed E-state index contributed by atoms with van der Waals surface area (Å²) in [6.07, 6.45) is 3.80. The molecule has 0 spiro atoms. The number of hydrogen-bond donors (Lipinski definition) is 1. The van der Waals surface area contributed by atoms with Crippen molar-refractivity contribution >= 4 is 17.2 Å². The molecule has 0 aliphatic carbocycles. The fraction of sp³-hybridized carbons (Fsp3) is 0.304. The second-order valence-electron chi connectivity index (χ2n) is 7.42. The molecule has 4 rings (SSSR count). The Labute approximate surface area is 174 Å². The van der Waals surface area contributed by atoms with Crippen LogP contribution in [0.5, 0.6) is 0 Å². The van der Waals surface area contributed by atoms with E-state index in [4.69, 9.17) is 0 Å². The number of hydrogen-bond acceptors (Lipinski definition) is 4. The van der Waals surface area contributed by atoms with Gasteiger partial charge in [0.25, 0.3) is 5.91 Å². The van der Waals surface area contributed by atoms with Crippen molar-refractivity contribution < 1.29 is 9.18 Å². The van der Waals surface area contributed by atoms with Crippen LogP contribution in [0.1, 0.15) is 39.8 Å². The molecule has 2 atom stereocenters. The number of carbonyl (C=O) groups excluding carboxylic acids is 1. The lowest BCUT2D eigenvalue weighted by Crippen LogP contribution is -2.42. The van der Waals surface area contributed by atoms with Gasteiger partial charge in [0.2, 0.25) is 0 Å². The smallest absolute Gasteiger partial charge is 0.251 e. The molecular formula is C23H24FN3OS. The number of carbonyl (C=O) groups is 1. The van der Waals surface area contributed by atoms with Crippen LogP contribution in [-0.4, -0.2) is 28.9 Å². The van der Waals surface area contributed by atoms with Gasteiger partial charge in [0.1, 0.15) is 10.8 Å². The van der Waals surface area contributed by atoms with Gasteiger partial charge in [-0.2, -0.15) is 0 Å². The Morgan fingerprint density at radius 2 is 2.00 bits per heavy atom. The van der Waals surface area contributed by atoms with Crippen molar-refractivity contribution in [3.8, 4) is 0 Å². The molecule has 1 amide bonds. The van der Waals surface area contributed by atoms with Crippen molar-refractivity contribution in [2.45, 2.75) is 25.4 Å². The molecule has 2 unspecified atom stereocenters. The Morgan fingerprint density at radius 3 is 2.76 bits per heavy atom. The molecule has 150 valence electrons. The van der Waals surface area contributed by atoms with Crippen LogP contribution >= 0.6 is 11.3 Å². The number of nitrogens with one attached hydrogen (secondary N) is 1. The van der Waals surface area contributed by atoms with Gasteiger partial charge in [-0.15, -0.1) is 11.3 Å². The van der Waals surface area contributed by atoms with Crippen LogP contribution in [-0.2, 0) is 6.54 Å². The fourth-order valence-electron chi connectivity index (χ4n) is 3.96. The zero-order valence-corrected chi connectivity index (χ0v) is 16.9. The summed E-state index contributed by atoms with van der Waals surface area (Å²) in [5.41, 5.74) is 1.36. The number of rotatable bonds is 6. The second kappa shape index (κ2) is 9.29. The number of aromatic nitrogens is 1. The molecule has 2 aromatic carbocycles. The molecule has 1 aliphatic heterocycles. The Morgan fingerprint density at radius 1 is 1.21 bits per heavy atom. The quantitative estimate of drug-likeness (QED) is 0.644. The predicted octanol–water partition coefficient (Wildman–Crippen LogP) is 4.67. The van der Waals surface area contributed by atoms with Crippen LogP contribution in [0.4, 0.5) is 4.39 Å². The highest BCUT2D eigenvalue weighted by molar-refractivity contribution is 7.09. The lowest BCUT2D eigenvalue weighted by Gasteiger charge is -2.36. The van der Waals surface area contributed by atoms with Gasteiger partial charge in [0.15, 0.2) is 0 Å². The molecule has 1 N–H and O–H groups in total. The van der Waals surface area contributed by atoms with Crippen molar-refractivity contribution in [2.24, 2.45) is 5.92 Å². The lowest BCUT2D eigenvalue weighted by atomic mass is 9.90. The topological polar surface area (TPSA) is 45.2 Å². The number of nitrogens with zero attached hydrogens (tertiary/aromatic N) is 2. The zero-order valence-electron chi connectivity index (χ0n) is 16.1. The van der Waals surface area contributed by atoms with Crippen molar-refractivity contribution in [1.29, 1.82) is 0 Å². The van der Waals surface area contributed by atoms with Crippen LogP contribution in [0.3, 0.4) is 0 Å². The number of likely N-dealkylation sites (tertiary alicyclic amines) is 1. The van der Waals surface area contributed by atoms with Crippen LogP contribution in [0.2, 0.25) is 0 Å². The highest BCUT2D eigenvalue weighted by atomic mass is 32.1. The molecule has 0 bridgehead atoms. The average molecular weight is 410 g/mol. The number of thiazole rings is 1. The third-order valence-corrected chi connectivity index (χ3v) is 6.26. The summed E-state index contributed by atoms with van der Waals surface area (Å²) in [6, 6.07) is 16.1. The normalized spacial score (nSPS) is 18.3. The Hall–Kier alpha value is -2.57. The molecule has 0 saturated carbocycles. The van der Waals surface area contributed by atoms with E-state index in [1.54, 1.807) is 23.6 Å². The Balaban J connectivity index is 1.50. The third kappa shape index (κ3) is 4.89. The average Bonchev–Trinajstić information content (AvgIpc) is 3.29. The van der Waals surface area contributed by atoms with Gasteiger partial charge in [-0.1, -0.05) is 36.4 Å². The Bertz CT molecular complexity index is 932. The summed E-state index contributed by atoms with van der Waals surface area (Å²) in [5.74, 6) is -0.0187. The monoisotopic (exact) mass is 409 g/mol. The van der Waals surface area contributed by atoms with Crippen LogP contribution in [0.25, 0.3) is 0 Å². The predicted molar refractivity (Wildman–Crippen MR) is 113 cm³/mol. The SMILES string of the molecule is O=C(NC(c1nccs1)C1CCCN(Cc2ccccc2F)C1)c1ccccc1. The standard InChI is InChI=1S/C23H24FN3OS/c24-20-11-5-4-9-18(20)15-27-13-6-10-19(16-27)21(23-25-12-14-29-23)26-22(28)17-7-2-1-3-8-17/h1-5,7-9,11-12,14,19,21H,6,10,13,15-16H2,(H,26,28). The molecule has 1 saturated heterocycles. The van der Waals surface area contributed by atoms with Crippen molar-refractivity contribution in [1.82, 2.24) is 15.2 Å². The molecule has 1 aliphatic rings. The molecule has 2 heterocycles. The van der Waals surface area contributed by atoms with Gasteiger partial charge in [-0.25, -0.2) is 9.37 Å². The van der Waals surface area contributed by atoms with Gasteiger partial charge in [-0.3, -0.25) is 9.69 Å². The molecule has 0 radical (unpaired) electrons. The maximum absolute atomic E-state index is 14.1. The number of halogens is 1. The van der Waals surface area contributed by atoms with Crippen LogP contribution < -0.4 is 5.32 Å². The van der Waals surface area contributed by atoms with E-state index in [1.165, 1.54) is 6.07 Å². The number of piperidine rings is 1. The Kier molecular flexibility index (Phi) is 6.32. The maximum atomic E-state index is 14.1. The first kappa shape index (κ1) is 19.7. The molecule has 3 aromatic rings. The minimum atomic E-state index is -0.163. The molecular weight excluding hydrogens is 385 g/mol. The highest BCUT2D eigenvalue weighted by Crippen LogP contribution is 2.32. The molecule has 1 aromatic heterocycles. The van der Waals surface area contributed by atoms with Gasteiger partial charge in [0, 0.05) is 35.8 Å². The number of benzene rings is 2. The van der Waals surface area contributed by atoms with Crippen molar-refractivity contribution in [3.63, 3.8) is 0 Å². The van der Waals surface area contributed by atoms with E-state index in [0.29, 0.717) is 17.7 Å². The largest absolute Gasteiger partial charge is 0.342 e. The van der Waals surface area contributed by atoms with E-state index in [2.05, 4.69) is 15.2 Å². The van der Waals surface area contributed by atoms with Gasteiger partial charge in [-0.05, 0) is 43.5 Å². The van der Waals surface area contributed by atoms with E-state index in [1.807, 2.05) is 47.8 Å². The fourth-order valence-corrected chi connectivity index (χ4v) is 4.74. The first-order chi connectivity index (χ1) is 14.2. The number of amides is 1. The molecule has 29 heavy (non-hydrogen) atoms. The van der Waals surface area contributed by atoms with Gasteiger partial charge < -0.3 is 5.32 Å². The third-order valence-electron chi connectivity index (χ3n) is 5.41. The summed E-state index contributed by atoms with van der Waals surface area (Å²) < 4.78 is 14.1. The van der Waals surface area contributed by atoms with Crippen molar-refractivity contribution in [3.05, 3.63) is 88.1 Å². The molecule has 1 fully saturated rings. The van der Waals surface area contributed by atoms with Crippen LogP contribution in [0.15, 0.2) is 66.2 Å². The van der Waals surface area contributed by atoms with E-state index < -0.39 is 0 Å². The molecule has 6 heteroatoms. The summed E-state index contributed by atoms with van der Waals surface area (Å²) in [4.78, 5) is 19.6. The van der Waals surface area contributed by atoms with Gasteiger partial charge >= 0.3 is 0 Å². The highest BCUT2D eigenvalue weighted by Gasteiger charge is 2.31. The second-order valence-corrected chi connectivity index (χ2v) is 8.34. The first-order valence-corrected chi connectivity index (χ1v) is 10.8. The first-order valence-electron chi connectivity index (χ1n) is 9.92. The summed E-state index contributed by atoms with van der Waals surface area (Å²) >= 11 is 1.57. The maximum Gasteiger partial charge on any atom is 0.251 e. The summed E-state index contributed by atoms with van der Waals surface area (Å²) in [7, 11) is 0. The van der Waals surface area contributed by atoms with E-state index in [0.717, 1.165) is 30.9 Å².